The van der Waals surface area contributed by atoms with Gasteiger partial charge >= 0.3 is 0 Å². The summed E-state index contributed by atoms with van der Waals surface area (Å²) in [6.45, 7) is 1.87. The van der Waals surface area contributed by atoms with E-state index in [4.69, 9.17) is 9.47 Å². The highest BCUT2D eigenvalue weighted by Crippen LogP contribution is 2.29. The molecule has 0 aliphatic carbocycles. The third-order valence-electron chi connectivity index (χ3n) is 4.41. The maximum Gasteiger partial charge on any atom is 0.251 e. The Hall–Kier alpha value is -1.70. The molecule has 7 heteroatoms. The molecule has 1 amide bonds. The van der Waals surface area contributed by atoms with Crippen LogP contribution >= 0.6 is 0 Å². The number of rotatable bonds is 5. The number of likely N-dealkylation sites (tertiary alicyclic amines) is 1. The molecule has 2 N–H and O–H groups in total. The molecular weight excluding hydrogens is 298 g/mol. The minimum Gasteiger partial charge on any atom is -0.383 e. The third kappa shape index (κ3) is 3.17. The molecular formula is C16H23N3O4. The van der Waals surface area contributed by atoms with Crippen LogP contribution in [0.4, 0.5) is 5.82 Å². The fourth-order valence-electron chi connectivity index (χ4n) is 3.18. The molecule has 1 aromatic rings. The van der Waals surface area contributed by atoms with Gasteiger partial charge in [-0.1, -0.05) is 0 Å². The van der Waals surface area contributed by atoms with Crippen LogP contribution in [0.3, 0.4) is 0 Å². The second kappa shape index (κ2) is 6.82. The molecule has 126 valence electrons. The van der Waals surface area contributed by atoms with Crippen LogP contribution in [0.25, 0.3) is 0 Å². The first kappa shape index (κ1) is 16.2. The summed E-state index contributed by atoms with van der Waals surface area (Å²) in [6.07, 6.45) is 1.04. The largest absolute Gasteiger partial charge is 0.383 e. The zero-order chi connectivity index (χ0) is 16.4. The van der Waals surface area contributed by atoms with E-state index >= 15 is 0 Å². The Bertz CT molecular complexity index is 589. The zero-order valence-electron chi connectivity index (χ0n) is 13.5. The monoisotopic (exact) mass is 321 g/mol. The molecule has 1 saturated heterocycles. The Morgan fingerprint density at radius 2 is 2.26 bits per heavy atom. The predicted molar refractivity (Wildman–Crippen MR) is 83.8 cm³/mol. The van der Waals surface area contributed by atoms with E-state index in [-0.39, 0.29) is 5.91 Å². The van der Waals surface area contributed by atoms with Crippen molar-refractivity contribution in [3.63, 3.8) is 0 Å². The average molecular weight is 321 g/mol. The Balaban J connectivity index is 1.94. The van der Waals surface area contributed by atoms with Crippen LogP contribution in [0.1, 0.15) is 36.0 Å². The summed E-state index contributed by atoms with van der Waals surface area (Å²) in [5.41, 5.74) is 2.73. The number of methoxy groups -OCH3 is 2. The minimum atomic E-state index is -0.883. The van der Waals surface area contributed by atoms with Gasteiger partial charge in [0.25, 0.3) is 5.91 Å². The number of amides is 1. The van der Waals surface area contributed by atoms with Gasteiger partial charge < -0.3 is 24.8 Å². The van der Waals surface area contributed by atoms with Gasteiger partial charge in [0.1, 0.15) is 17.6 Å². The van der Waals surface area contributed by atoms with E-state index in [0.717, 1.165) is 36.3 Å². The summed E-state index contributed by atoms with van der Waals surface area (Å²) in [4.78, 5) is 18.3. The molecule has 3 heterocycles. The van der Waals surface area contributed by atoms with Crippen molar-refractivity contribution in [2.75, 3.05) is 32.6 Å². The van der Waals surface area contributed by atoms with Crippen LogP contribution in [0.15, 0.2) is 6.07 Å². The van der Waals surface area contributed by atoms with Crippen LogP contribution in [-0.4, -0.2) is 54.3 Å². The molecule has 2 aliphatic rings. The number of pyridine rings is 1. The van der Waals surface area contributed by atoms with Gasteiger partial charge in [0.2, 0.25) is 6.29 Å². The number of fused-ring (bicyclic) bond motifs is 1. The van der Waals surface area contributed by atoms with Gasteiger partial charge in [0, 0.05) is 33.9 Å². The van der Waals surface area contributed by atoms with Crippen molar-refractivity contribution in [3.8, 4) is 0 Å². The quantitative estimate of drug-likeness (QED) is 0.781. The lowest BCUT2D eigenvalue weighted by atomic mass is 10.0. The van der Waals surface area contributed by atoms with Gasteiger partial charge in [-0.05, 0) is 36.5 Å². The van der Waals surface area contributed by atoms with Gasteiger partial charge in [0.05, 0.1) is 0 Å². The normalized spacial score (nSPS) is 20.8. The van der Waals surface area contributed by atoms with Crippen molar-refractivity contribution in [2.24, 2.45) is 0 Å². The number of anilines is 1. The van der Waals surface area contributed by atoms with E-state index in [0.29, 0.717) is 25.2 Å². The Morgan fingerprint density at radius 1 is 1.48 bits per heavy atom. The molecule has 23 heavy (non-hydrogen) atoms. The van der Waals surface area contributed by atoms with Crippen LogP contribution in [0.5, 0.6) is 0 Å². The van der Waals surface area contributed by atoms with E-state index in [2.05, 4.69) is 16.4 Å². The van der Waals surface area contributed by atoms with Crippen LogP contribution in [0, 0.1) is 0 Å². The number of carbonyl (C=O) groups is 1. The van der Waals surface area contributed by atoms with Gasteiger partial charge in [-0.2, -0.15) is 0 Å². The lowest BCUT2D eigenvalue weighted by Gasteiger charge is -2.25. The number of ether oxygens (including phenoxy) is 2. The van der Waals surface area contributed by atoms with Crippen molar-refractivity contribution in [1.82, 2.24) is 9.88 Å². The molecule has 0 aromatic carbocycles. The zero-order valence-corrected chi connectivity index (χ0v) is 13.5. The number of aliphatic hydroxyl groups is 1. The fourth-order valence-corrected chi connectivity index (χ4v) is 3.18. The molecule has 0 radical (unpaired) electrons. The fraction of sp³-hybridized carbons (Fsp3) is 0.625. The maximum atomic E-state index is 12.0. The van der Waals surface area contributed by atoms with Crippen LogP contribution in [0.2, 0.25) is 0 Å². The first-order valence-corrected chi connectivity index (χ1v) is 7.93. The molecule has 0 spiro atoms. The highest BCUT2D eigenvalue weighted by Gasteiger charge is 2.31. The molecule has 0 saturated carbocycles. The van der Waals surface area contributed by atoms with Crippen molar-refractivity contribution in [2.45, 2.75) is 38.2 Å². The van der Waals surface area contributed by atoms with Gasteiger partial charge in [0.15, 0.2) is 0 Å². The van der Waals surface area contributed by atoms with E-state index in [1.54, 1.807) is 19.1 Å². The van der Waals surface area contributed by atoms with Crippen molar-refractivity contribution >= 4 is 11.7 Å². The molecule has 3 rings (SSSR count). The topological polar surface area (TPSA) is 83.9 Å². The first-order chi connectivity index (χ1) is 11.1. The molecule has 1 aromatic heterocycles. The Kier molecular flexibility index (Phi) is 4.79. The molecule has 7 nitrogen and oxygen atoms in total. The number of hydrogen-bond donors (Lipinski definition) is 2. The van der Waals surface area contributed by atoms with Crippen LogP contribution in [-0.2, 0) is 27.2 Å². The summed E-state index contributed by atoms with van der Waals surface area (Å²) in [6, 6.07) is 2.08. The number of nitrogens with one attached hydrogen (secondary N) is 1. The molecule has 2 aliphatic heterocycles. The lowest BCUT2D eigenvalue weighted by molar-refractivity contribution is -0.135. The van der Waals surface area contributed by atoms with Gasteiger partial charge in [-0.15, -0.1) is 0 Å². The second-order valence-electron chi connectivity index (χ2n) is 5.94. The number of aliphatic hydroxyl groups excluding tert-OH is 1. The molecule has 1 atom stereocenters. The van der Waals surface area contributed by atoms with Crippen molar-refractivity contribution < 1.29 is 19.4 Å². The first-order valence-electron chi connectivity index (χ1n) is 7.93. The minimum absolute atomic E-state index is 0.224. The molecule has 0 unspecified atom stereocenters. The highest BCUT2D eigenvalue weighted by molar-refractivity contribution is 5.82. The smallest absolute Gasteiger partial charge is 0.251 e. The van der Waals surface area contributed by atoms with Crippen molar-refractivity contribution in [1.29, 1.82) is 0 Å². The lowest BCUT2D eigenvalue weighted by Crippen LogP contribution is -2.30. The third-order valence-corrected chi connectivity index (χ3v) is 4.41. The number of carbonyl (C=O) groups excluding carboxylic acids is 1. The highest BCUT2D eigenvalue weighted by atomic mass is 16.7. The Labute approximate surface area is 135 Å². The predicted octanol–water partition coefficient (Wildman–Crippen LogP) is 0.824. The Morgan fingerprint density at radius 3 is 2.91 bits per heavy atom. The molecule has 1 fully saturated rings. The number of nitrogens with zero attached hydrogens (tertiary/aromatic N) is 2. The summed E-state index contributed by atoms with van der Waals surface area (Å²) < 4.78 is 10.7. The van der Waals surface area contributed by atoms with E-state index in [1.807, 2.05) is 0 Å². The maximum absolute atomic E-state index is 12.0. The number of aromatic nitrogens is 1. The standard InChI is InChI=1S/C16H23N3O4/c1-22-16(23-2)13-11(9-19-7-5-12(20)15(19)21)8-10-4-3-6-17-14(10)18-13/h8,12,16,20H,3-7,9H2,1-2H3,(H,17,18)/t12-/m0/s1. The van der Waals surface area contributed by atoms with Gasteiger partial charge in [-0.3, -0.25) is 4.79 Å². The summed E-state index contributed by atoms with van der Waals surface area (Å²) in [7, 11) is 3.13. The van der Waals surface area contributed by atoms with E-state index in [9.17, 15) is 9.90 Å². The average Bonchev–Trinajstić information content (AvgIpc) is 2.88. The van der Waals surface area contributed by atoms with Crippen LogP contribution < -0.4 is 5.32 Å². The number of aryl methyl sites for hydroxylation is 1. The summed E-state index contributed by atoms with van der Waals surface area (Å²) in [5.74, 6) is 0.639. The van der Waals surface area contributed by atoms with Crippen molar-refractivity contribution in [3.05, 3.63) is 22.9 Å². The molecule has 0 bridgehead atoms. The number of hydrogen-bond acceptors (Lipinski definition) is 6. The van der Waals surface area contributed by atoms with E-state index < -0.39 is 12.4 Å². The summed E-state index contributed by atoms with van der Waals surface area (Å²) in [5, 5.41) is 12.9. The van der Waals surface area contributed by atoms with E-state index in [1.165, 1.54) is 0 Å². The summed E-state index contributed by atoms with van der Waals surface area (Å²) >= 11 is 0. The second-order valence-corrected chi connectivity index (χ2v) is 5.94. The van der Waals surface area contributed by atoms with Gasteiger partial charge in [-0.25, -0.2) is 4.98 Å². The SMILES string of the molecule is COC(OC)c1nc2c(cc1CN1CC[C@H](O)C1=O)CCCN2.